The zero-order chi connectivity index (χ0) is 13.3. The van der Waals surface area contributed by atoms with Gasteiger partial charge in [0.05, 0.1) is 12.7 Å². The van der Waals surface area contributed by atoms with Gasteiger partial charge in [-0.1, -0.05) is 0 Å². The molecule has 2 fully saturated rings. The van der Waals surface area contributed by atoms with E-state index >= 15 is 0 Å². The average molecular weight is 254 g/mol. The molecule has 0 bridgehead atoms. The van der Waals surface area contributed by atoms with Gasteiger partial charge in [0.2, 0.25) is 0 Å². The summed E-state index contributed by atoms with van der Waals surface area (Å²) < 4.78 is 15.1. The van der Waals surface area contributed by atoms with E-state index in [1.54, 1.807) is 0 Å². The topological polar surface area (TPSA) is 78.9 Å². The number of ether oxygens (including phenoxy) is 3. The number of hydrogen-bond acceptors (Lipinski definition) is 6. The van der Waals surface area contributed by atoms with Crippen LogP contribution in [-0.4, -0.2) is 30.1 Å². The Morgan fingerprint density at radius 2 is 2.06 bits per heavy atom. The summed E-state index contributed by atoms with van der Waals surface area (Å²) in [6.45, 7) is 2.59. The van der Waals surface area contributed by atoms with Crippen molar-refractivity contribution in [3.63, 3.8) is 0 Å². The smallest absolute Gasteiger partial charge is 0.307 e. The largest absolute Gasteiger partial charge is 0.462 e. The lowest BCUT2D eigenvalue weighted by molar-refractivity contribution is -0.146. The van der Waals surface area contributed by atoms with E-state index in [9.17, 15) is 14.4 Å². The Labute approximate surface area is 104 Å². The fourth-order valence-electron chi connectivity index (χ4n) is 2.37. The summed E-state index contributed by atoms with van der Waals surface area (Å²) in [5.74, 6) is -1.32. The Balaban J connectivity index is 2.17. The first-order chi connectivity index (χ1) is 8.47. The number of fused-ring (bicyclic) bond motifs is 1. The highest BCUT2D eigenvalue weighted by Crippen LogP contribution is 2.42. The molecule has 1 saturated heterocycles. The second kappa shape index (κ2) is 4.80. The molecular weight excluding hydrogens is 240 g/mol. The quantitative estimate of drug-likeness (QED) is 0.410. The van der Waals surface area contributed by atoms with E-state index in [1.807, 2.05) is 0 Å². The van der Waals surface area contributed by atoms with Crippen molar-refractivity contribution in [3.05, 3.63) is 11.8 Å². The molecule has 18 heavy (non-hydrogen) atoms. The molecule has 6 heteroatoms. The highest BCUT2D eigenvalue weighted by Gasteiger charge is 2.48. The lowest BCUT2D eigenvalue weighted by atomic mass is 10.00. The normalized spacial score (nSPS) is 32.0. The maximum Gasteiger partial charge on any atom is 0.307 e. The SMILES string of the molecule is CC(=O)O/C=C1/C(OC(C)=O)CC2OC(=O)CC12. The third kappa shape index (κ3) is 2.52. The Hall–Kier alpha value is -1.85. The highest BCUT2D eigenvalue weighted by atomic mass is 16.6. The number of rotatable bonds is 2. The summed E-state index contributed by atoms with van der Waals surface area (Å²) in [6.07, 6.45) is 1.16. The van der Waals surface area contributed by atoms with Gasteiger partial charge in [0.25, 0.3) is 0 Å². The van der Waals surface area contributed by atoms with E-state index in [2.05, 4.69) is 0 Å². The minimum Gasteiger partial charge on any atom is -0.462 e. The van der Waals surface area contributed by atoms with Gasteiger partial charge in [0.15, 0.2) is 0 Å². The van der Waals surface area contributed by atoms with Crippen LogP contribution in [0.1, 0.15) is 26.7 Å². The molecule has 2 aliphatic rings. The minimum atomic E-state index is -0.482. The van der Waals surface area contributed by atoms with Crippen molar-refractivity contribution < 1.29 is 28.6 Å². The third-order valence-corrected chi connectivity index (χ3v) is 3.03. The predicted molar refractivity (Wildman–Crippen MR) is 58.0 cm³/mol. The van der Waals surface area contributed by atoms with Crippen molar-refractivity contribution in [1.29, 1.82) is 0 Å². The summed E-state index contributed by atoms with van der Waals surface area (Å²) in [6, 6.07) is 0. The van der Waals surface area contributed by atoms with Crippen LogP contribution < -0.4 is 0 Å². The van der Waals surface area contributed by atoms with Crippen LogP contribution in [0.25, 0.3) is 0 Å². The lowest BCUT2D eigenvalue weighted by Gasteiger charge is -2.14. The van der Waals surface area contributed by atoms with Crippen LogP contribution in [0.15, 0.2) is 11.8 Å². The van der Waals surface area contributed by atoms with Gasteiger partial charge in [0, 0.05) is 31.8 Å². The van der Waals surface area contributed by atoms with Gasteiger partial charge in [0.1, 0.15) is 12.2 Å². The zero-order valence-corrected chi connectivity index (χ0v) is 10.2. The molecule has 1 aliphatic carbocycles. The standard InChI is InChI=1S/C12H14O6/c1-6(13)16-5-9-8-3-12(15)18-10(8)4-11(9)17-7(2)14/h5,8,10-11H,3-4H2,1-2H3/b9-5+. The molecule has 0 N–H and O–H groups in total. The maximum absolute atomic E-state index is 11.2. The molecule has 1 heterocycles. The van der Waals surface area contributed by atoms with Gasteiger partial charge in [-0.05, 0) is 0 Å². The van der Waals surface area contributed by atoms with E-state index in [4.69, 9.17) is 14.2 Å². The van der Waals surface area contributed by atoms with Gasteiger partial charge in [-0.25, -0.2) is 0 Å². The van der Waals surface area contributed by atoms with E-state index in [1.165, 1.54) is 20.1 Å². The number of hydrogen-bond donors (Lipinski definition) is 0. The van der Waals surface area contributed by atoms with Crippen LogP contribution >= 0.6 is 0 Å². The molecule has 0 aromatic heterocycles. The zero-order valence-electron chi connectivity index (χ0n) is 10.2. The van der Waals surface area contributed by atoms with E-state index in [0.29, 0.717) is 12.0 Å². The molecule has 98 valence electrons. The molecule has 0 aromatic carbocycles. The first kappa shape index (κ1) is 12.6. The number of carbonyl (C=O) groups excluding carboxylic acids is 3. The molecule has 0 radical (unpaired) electrons. The van der Waals surface area contributed by atoms with Crippen molar-refractivity contribution in [2.75, 3.05) is 0 Å². The molecule has 1 aliphatic heterocycles. The Kier molecular flexibility index (Phi) is 3.36. The average Bonchev–Trinajstić information content (AvgIpc) is 2.70. The second-order valence-electron chi connectivity index (χ2n) is 4.40. The maximum atomic E-state index is 11.2. The van der Waals surface area contributed by atoms with Gasteiger partial charge < -0.3 is 14.2 Å². The van der Waals surface area contributed by atoms with E-state index in [-0.39, 0.29) is 24.4 Å². The van der Waals surface area contributed by atoms with Crippen molar-refractivity contribution in [2.45, 2.75) is 38.9 Å². The Morgan fingerprint density at radius 1 is 1.33 bits per heavy atom. The van der Waals surface area contributed by atoms with Crippen molar-refractivity contribution in [2.24, 2.45) is 5.92 Å². The van der Waals surface area contributed by atoms with Crippen LogP contribution in [0, 0.1) is 5.92 Å². The van der Waals surface area contributed by atoms with Gasteiger partial charge in [-0.15, -0.1) is 0 Å². The summed E-state index contributed by atoms with van der Waals surface area (Å²) in [4.78, 5) is 33.0. The molecule has 3 unspecified atom stereocenters. The summed E-state index contributed by atoms with van der Waals surface area (Å²) >= 11 is 0. The van der Waals surface area contributed by atoms with Gasteiger partial charge >= 0.3 is 17.9 Å². The fourth-order valence-corrected chi connectivity index (χ4v) is 2.37. The summed E-state index contributed by atoms with van der Waals surface area (Å²) in [5, 5.41) is 0. The van der Waals surface area contributed by atoms with Crippen molar-refractivity contribution >= 4 is 17.9 Å². The predicted octanol–water partition coefficient (Wildman–Crippen LogP) is 0.700. The van der Waals surface area contributed by atoms with Crippen LogP contribution in [0.3, 0.4) is 0 Å². The Bertz CT molecular complexity index is 424. The van der Waals surface area contributed by atoms with E-state index < -0.39 is 18.0 Å². The molecule has 6 nitrogen and oxygen atoms in total. The van der Waals surface area contributed by atoms with E-state index in [0.717, 1.165) is 0 Å². The van der Waals surface area contributed by atoms with Crippen LogP contribution in [0.2, 0.25) is 0 Å². The molecule has 0 amide bonds. The van der Waals surface area contributed by atoms with Gasteiger partial charge in [-0.2, -0.15) is 0 Å². The monoisotopic (exact) mass is 254 g/mol. The summed E-state index contributed by atoms with van der Waals surface area (Å²) in [5.41, 5.74) is 0.635. The van der Waals surface area contributed by atoms with Crippen molar-refractivity contribution in [3.8, 4) is 0 Å². The summed E-state index contributed by atoms with van der Waals surface area (Å²) in [7, 11) is 0. The molecular formula is C12H14O6. The molecule has 0 spiro atoms. The number of esters is 3. The van der Waals surface area contributed by atoms with Crippen molar-refractivity contribution in [1.82, 2.24) is 0 Å². The van der Waals surface area contributed by atoms with Crippen LogP contribution in [-0.2, 0) is 28.6 Å². The lowest BCUT2D eigenvalue weighted by Crippen LogP contribution is -2.18. The molecule has 0 aromatic rings. The molecule has 3 atom stereocenters. The van der Waals surface area contributed by atoms with Crippen LogP contribution in [0.5, 0.6) is 0 Å². The second-order valence-corrected chi connectivity index (χ2v) is 4.40. The highest BCUT2D eigenvalue weighted by molar-refractivity contribution is 5.74. The first-order valence-corrected chi connectivity index (χ1v) is 5.71. The van der Waals surface area contributed by atoms with Gasteiger partial charge in [-0.3, -0.25) is 14.4 Å². The minimum absolute atomic E-state index is 0.166. The molecule has 2 rings (SSSR count). The Morgan fingerprint density at radius 3 is 2.67 bits per heavy atom. The number of carbonyl (C=O) groups is 3. The molecule has 1 saturated carbocycles. The fraction of sp³-hybridized carbons (Fsp3) is 0.583. The first-order valence-electron chi connectivity index (χ1n) is 5.71. The van der Waals surface area contributed by atoms with Crippen LogP contribution in [0.4, 0.5) is 0 Å². The third-order valence-electron chi connectivity index (χ3n) is 3.03.